The summed E-state index contributed by atoms with van der Waals surface area (Å²) in [6.45, 7) is 6.05. The first-order chi connectivity index (χ1) is 19.4. The molecule has 0 spiro atoms. The summed E-state index contributed by atoms with van der Waals surface area (Å²) in [4.78, 5) is 24.5. The van der Waals surface area contributed by atoms with Gasteiger partial charge in [-0.05, 0) is 38.1 Å². The molecule has 3 N–H and O–H groups in total. The van der Waals surface area contributed by atoms with Gasteiger partial charge in [-0.1, -0.05) is 6.07 Å². The third kappa shape index (κ3) is 4.87. The number of pyridine rings is 3. The molecular formula is C29H26F2N8O. The number of hydrogen-bond acceptors (Lipinski definition) is 9. The van der Waals surface area contributed by atoms with Crippen molar-refractivity contribution in [1.82, 2.24) is 24.9 Å². The van der Waals surface area contributed by atoms with E-state index in [1.54, 1.807) is 18.5 Å². The second-order valence-corrected chi connectivity index (χ2v) is 9.53. The predicted octanol–water partition coefficient (Wildman–Crippen LogP) is 5.21. The van der Waals surface area contributed by atoms with Crippen LogP contribution in [-0.2, 0) is 4.74 Å². The normalized spacial score (nSPS) is 13.6. The number of anilines is 4. The highest BCUT2D eigenvalue weighted by Gasteiger charge is 2.22. The van der Waals surface area contributed by atoms with Crippen LogP contribution in [0.1, 0.15) is 11.3 Å². The molecule has 40 heavy (non-hydrogen) atoms. The van der Waals surface area contributed by atoms with Crippen molar-refractivity contribution >= 4 is 34.0 Å². The maximum Gasteiger partial charge on any atom is 0.220 e. The Kier molecular flexibility index (Phi) is 6.64. The quantitative estimate of drug-likeness (QED) is 0.310. The number of aryl methyl sites for hydroxylation is 1. The highest BCUT2D eigenvalue weighted by atomic mass is 19.1. The molecule has 0 aliphatic carbocycles. The zero-order valence-electron chi connectivity index (χ0n) is 21.9. The third-order valence-electron chi connectivity index (χ3n) is 6.76. The van der Waals surface area contributed by atoms with Crippen LogP contribution in [0.2, 0.25) is 0 Å². The Morgan fingerprint density at radius 1 is 0.950 bits per heavy atom. The van der Waals surface area contributed by atoms with Gasteiger partial charge in [-0.2, -0.15) is 0 Å². The summed E-state index contributed by atoms with van der Waals surface area (Å²) in [5.74, 6) is -0.621. The lowest BCUT2D eigenvalue weighted by Crippen LogP contribution is -2.37. The fourth-order valence-corrected chi connectivity index (χ4v) is 4.91. The molecule has 0 atom stereocenters. The van der Waals surface area contributed by atoms with E-state index in [1.165, 1.54) is 6.07 Å². The molecule has 6 rings (SSSR count). The summed E-state index contributed by atoms with van der Waals surface area (Å²) < 4.78 is 35.3. The summed E-state index contributed by atoms with van der Waals surface area (Å²) >= 11 is 0. The van der Waals surface area contributed by atoms with Crippen molar-refractivity contribution in [2.45, 2.75) is 13.8 Å². The number of rotatable bonds is 5. The smallest absolute Gasteiger partial charge is 0.220 e. The average molecular weight is 541 g/mol. The lowest BCUT2D eigenvalue weighted by atomic mass is 10.0. The Labute approximate surface area is 229 Å². The van der Waals surface area contributed by atoms with E-state index in [0.29, 0.717) is 77.4 Å². The molecule has 202 valence electrons. The fourth-order valence-electron chi connectivity index (χ4n) is 4.91. The van der Waals surface area contributed by atoms with E-state index in [-0.39, 0.29) is 16.9 Å². The Morgan fingerprint density at radius 3 is 2.52 bits per heavy atom. The van der Waals surface area contributed by atoms with Crippen LogP contribution in [0.25, 0.3) is 33.5 Å². The predicted molar refractivity (Wildman–Crippen MR) is 150 cm³/mol. The van der Waals surface area contributed by atoms with Gasteiger partial charge >= 0.3 is 0 Å². The molecule has 1 fully saturated rings. The minimum Gasteiger partial charge on any atom is -0.378 e. The molecule has 0 unspecified atom stereocenters. The lowest BCUT2D eigenvalue weighted by molar-refractivity contribution is 0.122. The minimum atomic E-state index is -0.725. The molecule has 9 nitrogen and oxygen atoms in total. The first-order valence-corrected chi connectivity index (χ1v) is 12.8. The van der Waals surface area contributed by atoms with Crippen LogP contribution in [0, 0.1) is 25.5 Å². The molecule has 11 heteroatoms. The Bertz CT molecular complexity index is 1710. The van der Waals surface area contributed by atoms with Crippen LogP contribution in [0.3, 0.4) is 0 Å². The molecule has 0 bridgehead atoms. The lowest BCUT2D eigenvalue weighted by Gasteiger charge is -2.30. The first-order valence-electron chi connectivity index (χ1n) is 12.8. The van der Waals surface area contributed by atoms with Gasteiger partial charge in [0.1, 0.15) is 11.6 Å². The van der Waals surface area contributed by atoms with Crippen LogP contribution >= 0.6 is 0 Å². The van der Waals surface area contributed by atoms with E-state index in [0.717, 1.165) is 6.07 Å². The second kappa shape index (κ2) is 10.4. The van der Waals surface area contributed by atoms with Crippen molar-refractivity contribution in [3.63, 3.8) is 0 Å². The van der Waals surface area contributed by atoms with Gasteiger partial charge in [-0.15, -0.1) is 0 Å². The van der Waals surface area contributed by atoms with Crippen LogP contribution in [0.4, 0.5) is 31.9 Å². The Morgan fingerprint density at radius 2 is 1.77 bits per heavy atom. The third-order valence-corrected chi connectivity index (χ3v) is 6.76. The van der Waals surface area contributed by atoms with E-state index >= 15 is 4.39 Å². The van der Waals surface area contributed by atoms with Crippen molar-refractivity contribution in [1.29, 1.82) is 0 Å². The van der Waals surface area contributed by atoms with E-state index in [2.05, 4.69) is 30.2 Å². The van der Waals surface area contributed by atoms with Crippen molar-refractivity contribution < 1.29 is 13.5 Å². The summed E-state index contributed by atoms with van der Waals surface area (Å²) in [5, 5.41) is 3.61. The molecule has 1 aliphatic heterocycles. The number of nitrogens with zero attached hydrogens (tertiary/aromatic N) is 6. The number of nitrogens with one attached hydrogen (secondary N) is 1. The monoisotopic (exact) mass is 540 g/mol. The Balaban J connectivity index is 1.57. The topological polar surface area (TPSA) is 115 Å². The van der Waals surface area contributed by atoms with Gasteiger partial charge in [-0.25, -0.2) is 28.7 Å². The standard InChI is InChI=1S/C29H26F2N8O/c1-16-11-22(38-29(32)35-16)18-12-24(28(34-15-18)39-7-9-40-10-8-39)37-27-17(2)26(21-5-3-4-6-33-21)36-23-14-19(30)13-20(31)25(23)27/h3-6,11-15H,7-10H2,1-2H3,(H,36,37)(H2,32,35,38). The molecule has 0 amide bonds. The molecule has 5 aromatic rings. The molecule has 0 radical (unpaired) electrons. The zero-order chi connectivity index (χ0) is 27.8. The maximum atomic E-state index is 15.4. The van der Waals surface area contributed by atoms with Crippen LogP contribution in [0.15, 0.2) is 54.9 Å². The number of ether oxygens (including phenoxy) is 1. The van der Waals surface area contributed by atoms with Crippen molar-refractivity contribution in [2.24, 2.45) is 0 Å². The van der Waals surface area contributed by atoms with Gasteiger partial charge in [0.25, 0.3) is 0 Å². The van der Waals surface area contributed by atoms with Crippen molar-refractivity contribution in [2.75, 3.05) is 42.3 Å². The number of benzene rings is 1. The van der Waals surface area contributed by atoms with Crippen LogP contribution in [-0.4, -0.2) is 51.2 Å². The van der Waals surface area contributed by atoms with Gasteiger partial charge in [-0.3, -0.25) is 4.98 Å². The molecular weight excluding hydrogens is 514 g/mol. The maximum absolute atomic E-state index is 15.4. The van der Waals surface area contributed by atoms with E-state index in [1.807, 2.05) is 38.1 Å². The molecule has 4 aromatic heterocycles. The first kappa shape index (κ1) is 25.5. The number of morpholine rings is 1. The van der Waals surface area contributed by atoms with Gasteiger partial charge < -0.3 is 20.7 Å². The van der Waals surface area contributed by atoms with Crippen LogP contribution in [0.5, 0.6) is 0 Å². The molecule has 0 saturated carbocycles. The number of nitrogens with two attached hydrogens (primary N) is 1. The minimum absolute atomic E-state index is 0.154. The highest BCUT2D eigenvalue weighted by molar-refractivity contribution is 5.99. The fraction of sp³-hybridized carbons (Fsp3) is 0.207. The van der Waals surface area contributed by atoms with Crippen LogP contribution < -0.4 is 16.0 Å². The highest BCUT2D eigenvalue weighted by Crippen LogP contribution is 2.39. The molecule has 5 heterocycles. The SMILES string of the molecule is Cc1cc(-c2cnc(N3CCOCC3)c(Nc3c(C)c(-c4ccccn4)nc4cc(F)cc(F)c34)c2)nc(N)n1. The van der Waals surface area contributed by atoms with Gasteiger partial charge in [0, 0.05) is 54.4 Å². The summed E-state index contributed by atoms with van der Waals surface area (Å²) in [7, 11) is 0. The molecule has 1 saturated heterocycles. The molecule has 1 aromatic carbocycles. The zero-order valence-corrected chi connectivity index (χ0v) is 21.9. The Hall–Kier alpha value is -4.77. The average Bonchev–Trinajstić information content (AvgIpc) is 2.94. The summed E-state index contributed by atoms with van der Waals surface area (Å²) in [6, 6.07) is 11.2. The van der Waals surface area contributed by atoms with Crippen molar-refractivity contribution in [3.05, 3.63) is 77.8 Å². The van der Waals surface area contributed by atoms with E-state index in [9.17, 15) is 4.39 Å². The number of aromatic nitrogens is 5. The van der Waals surface area contributed by atoms with E-state index in [4.69, 9.17) is 15.5 Å². The number of halogens is 2. The second-order valence-electron chi connectivity index (χ2n) is 9.53. The number of hydrogen-bond donors (Lipinski definition) is 2. The summed E-state index contributed by atoms with van der Waals surface area (Å²) in [6.07, 6.45) is 3.38. The number of fused-ring (bicyclic) bond motifs is 1. The van der Waals surface area contributed by atoms with Crippen molar-refractivity contribution in [3.8, 4) is 22.6 Å². The van der Waals surface area contributed by atoms with Gasteiger partial charge in [0.2, 0.25) is 5.95 Å². The summed E-state index contributed by atoms with van der Waals surface area (Å²) in [5.41, 5.74) is 10.9. The number of nitrogen functional groups attached to an aromatic ring is 1. The van der Waals surface area contributed by atoms with Gasteiger partial charge in [0.05, 0.1) is 52.6 Å². The largest absolute Gasteiger partial charge is 0.378 e. The molecule has 1 aliphatic rings. The van der Waals surface area contributed by atoms with Gasteiger partial charge in [0.15, 0.2) is 5.82 Å². The van der Waals surface area contributed by atoms with E-state index < -0.39 is 11.6 Å².